The summed E-state index contributed by atoms with van der Waals surface area (Å²) in [4.78, 5) is 27.9. The fraction of sp³-hybridized carbons (Fsp3) is 0.417. The number of hydrogen-bond donors (Lipinski definition) is 1. The quantitative estimate of drug-likeness (QED) is 0.135. The molecule has 1 amide bonds. The molecule has 0 radical (unpaired) electrons. The zero-order valence-corrected chi connectivity index (χ0v) is 29.6. The van der Waals surface area contributed by atoms with E-state index >= 15 is 0 Å². The third-order valence-electron chi connectivity index (χ3n) is 8.52. The van der Waals surface area contributed by atoms with Crippen LogP contribution >= 0.6 is 11.6 Å². The number of ether oxygens (including phenoxy) is 2. The van der Waals surface area contributed by atoms with Crippen LogP contribution in [0.5, 0.6) is 0 Å². The SMILES string of the molecule is CN(C)c1ccc2c(c1)[Si](C)(C)C1=CC(=[N+](C)C)C=CC1=C2c1cc(C(=O)NCCOCCOCCCCCCl)ccc1C(=O)[O-]. The van der Waals surface area contributed by atoms with Crippen LogP contribution in [0.2, 0.25) is 13.1 Å². The number of fused-ring (bicyclic) bond motifs is 2. The number of carboxylic acids is 1. The molecule has 1 heterocycles. The maximum Gasteiger partial charge on any atom is 0.251 e. The van der Waals surface area contributed by atoms with Gasteiger partial charge in [0.1, 0.15) is 22.2 Å². The Morgan fingerprint density at radius 1 is 0.935 bits per heavy atom. The van der Waals surface area contributed by atoms with Crippen molar-refractivity contribution < 1.29 is 28.7 Å². The molecule has 0 saturated carbocycles. The van der Waals surface area contributed by atoms with Crippen LogP contribution < -0.4 is 20.5 Å². The van der Waals surface area contributed by atoms with Crippen LogP contribution in [0.25, 0.3) is 5.57 Å². The predicted molar refractivity (Wildman–Crippen MR) is 188 cm³/mol. The average molecular weight is 664 g/mol. The number of benzene rings is 2. The molecule has 4 rings (SSSR count). The molecule has 1 aliphatic heterocycles. The Balaban J connectivity index is 1.63. The summed E-state index contributed by atoms with van der Waals surface area (Å²) >= 11 is 5.69. The average Bonchev–Trinajstić information content (AvgIpc) is 3.03. The second-order valence-electron chi connectivity index (χ2n) is 12.5. The third kappa shape index (κ3) is 8.07. The number of unbranched alkanes of at least 4 members (excludes halogenated alkanes) is 2. The van der Waals surface area contributed by atoms with Crippen molar-refractivity contribution in [3.05, 3.63) is 87.6 Å². The first-order valence-corrected chi connectivity index (χ1v) is 19.4. The molecule has 10 heteroatoms. The van der Waals surface area contributed by atoms with Gasteiger partial charge in [-0.05, 0) is 82.3 Å². The van der Waals surface area contributed by atoms with Crippen molar-refractivity contribution in [1.82, 2.24) is 5.32 Å². The molecule has 0 aromatic heterocycles. The number of alkyl halides is 1. The lowest BCUT2D eigenvalue weighted by molar-refractivity contribution is -0.462. The number of amides is 1. The van der Waals surface area contributed by atoms with Crippen LogP contribution in [0.3, 0.4) is 0 Å². The van der Waals surface area contributed by atoms with E-state index in [0.717, 1.165) is 47.4 Å². The van der Waals surface area contributed by atoms with Crippen molar-refractivity contribution in [1.29, 1.82) is 0 Å². The number of anilines is 1. The van der Waals surface area contributed by atoms with Crippen LogP contribution in [-0.4, -0.2) is 97.3 Å². The van der Waals surface area contributed by atoms with Gasteiger partial charge in [-0.2, -0.15) is 0 Å². The maximum atomic E-state index is 13.3. The number of hydrogen-bond acceptors (Lipinski definition) is 6. The number of carboxylic acid groups (broad SMARTS) is 1. The summed E-state index contributed by atoms with van der Waals surface area (Å²) < 4.78 is 13.3. The number of rotatable bonds is 15. The van der Waals surface area contributed by atoms with Crippen LogP contribution in [-0.2, 0) is 9.47 Å². The van der Waals surface area contributed by atoms with Crippen molar-refractivity contribution >= 4 is 53.7 Å². The number of nitrogens with one attached hydrogen (secondary N) is 1. The van der Waals surface area contributed by atoms with Gasteiger partial charge in [0.05, 0.1) is 25.8 Å². The molecule has 0 saturated heterocycles. The Hall–Kier alpha value is -3.50. The van der Waals surface area contributed by atoms with Crippen LogP contribution in [0.4, 0.5) is 5.69 Å². The van der Waals surface area contributed by atoms with Crippen LogP contribution in [0, 0.1) is 0 Å². The first kappa shape index (κ1) is 35.4. The van der Waals surface area contributed by atoms with Crippen molar-refractivity contribution in [2.75, 3.05) is 71.9 Å². The van der Waals surface area contributed by atoms with Gasteiger partial charge < -0.3 is 29.6 Å². The van der Waals surface area contributed by atoms with Gasteiger partial charge in [0.25, 0.3) is 5.91 Å². The fourth-order valence-corrected chi connectivity index (χ4v) is 9.14. The van der Waals surface area contributed by atoms with Gasteiger partial charge >= 0.3 is 0 Å². The zero-order valence-electron chi connectivity index (χ0n) is 27.9. The highest BCUT2D eigenvalue weighted by Gasteiger charge is 2.41. The maximum absolute atomic E-state index is 13.3. The van der Waals surface area contributed by atoms with E-state index in [-0.39, 0.29) is 11.5 Å². The Bertz CT molecular complexity index is 1590. The standard InChI is InChI=1S/C36H46ClN3O5Si/c1-39(2)26-11-14-29-32(23-26)46(5,6)33-24-27(40(3)4)12-15-30(33)34(29)31-22-25(10-13-28(31)36(42)43)35(41)38-17-19-45-21-20-44-18-9-7-8-16-37/h10-15,22-24H,7-9,16-21H2,1-6H3,(H-,38,41,42,43). The first-order chi connectivity index (χ1) is 22.0. The van der Waals surface area contributed by atoms with Crippen LogP contribution in [0.15, 0.2) is 65.4 Å². The molecule has 246 valence electrons. The highest BCUT2D eigenvalue weighted by molar-refractivity contribution is 6.98. The number of carbonyl (C=O) groups is 2. The zero-order chi connectivity index (χ0) is 33.4. The summed E-state index contributed by atoms with van der Waals surface area (Å²) in [6.07, 6.45) is 9.40. The monoisotopic (exact) mass is 663 g/mol. The van der Waals surface area contributed by atoms with E-state index in [4.69, 9.17) is 21.1 Å². The van der Waals surface area contributed by atoms with Crippen molar-refractivity contribution in [3.63, 3.8) is 0 Å². The molecule has 0 unspecified atom stereocenters. The highest BCUT2D eigenvalue weighted by Crippen LogP contribution is 2.42. The van der Waals surface area contributed by atoms with E-state index in [1.54, 1.807) is 6.07 Å². The van der Waals surface area contributed by atoms with Gasteiger partial charge in [0, 0.05) is 62.1 Å². The first-order valence-electron chi connectivity index (χ1n) is 15.8. The summed E-state index contributed by atoms with van der Waals surface area (Å²) in [6.45, 7) is 6.94. The molecular formula is C36H46ClN3O5Si. The van der Waals surface area contributed by atoms with Gasteiger partial charge in [-0.15, -0.1) is 11.6 Å². The van der Waals surface area contributed by atoms with Crippen molar-refractivity contribution in [2.24, 2.45) is 0 Å². The second kappa shape index (κ2) is 15.9. The van der Waals surface area contributed by atoms with E-state index < -0.39 is 14.0 Å². The fourth-order valence-electron chi connectivity index (χ4n) is 5.88. The van der Waals surface area contributed by atoms with E-state index in [2.05, 4.69) is 64.3 Å². The van der Waals surface area contributed by atoms with Crippen molar-refractivity contribution in [2.45, 2.75) is 32.4 Å². The number of halogens is 1. The molecule has 1 aliphatic carbocycles. The molecule has 0 fully saturated rings. The van der Waals surface area contributed by atoms with Crippen LogP contribution in [0.1, 0.15) is 51.1 Å². The minimum Gasteiger partial charge on any atom is -0.545 e. The molecule has 0 spiro atoms. The molecule has 2 aromatic rings. The smallest absolute Gasteiger partial charge is 0.251 e. The largest absolute Gasteiger partial charge is 0.545 e. The Kier molecular flexibility index (Phi) is 12.2. The summed E-state index contributed by atoms with van der Waals surface area (Å²) in [5, 5.41) is 17.8. The lowest BCUT2D eigenvalue weighted by Gasteiger charge is -2.38. The third-order valence-corrected chi connectivity index (χ3v) is 12.3. The van der Waals surface area contributed by atoms with Gasteiger partial charge in [0.2, 0.25) is 0 Å². The van der Waals surface area contributed by atoms with Crippen molar-refractivity contribution in [3.8, 4) is 0 Å². The summed E-state index contributed by atoms with van der Waals surface area (Å²) in [7, 11) is 5.84. The second-order valence-corrected chi connectivity index (χ2v) is 17.2. The Labute approximate surface area is 279 Å². The Morgan fingerprint density at radius 2 is 1.67 bits per heavy atom. The van der Waals surface area contributed by atoms with Gasteiger partial charge in [-0.3, -0.25) is 4.79 Å². The number of allylic oxidation sites excluding steroid dienone is 5. The molecule has 2 aliphatic rings. The lowest BCUT2D eigenvalue weighted by atomic mass is 9.86. The topological polar surface area (TPSA) is 93.9 Å². The number of carbonyl (C=O) groups excluding carboxylic acids is 2. The molecule has 8 nitrogen and oxygen atoms in total. The molecule has 2 aromatic carbocycles. The predicted octanol–water partition coefficient (Wildman–Crippen LogP) is 3.77. The van der Waals surface area contributed by atoms with Gasteiger partial charge in [0.15, 0.2) is 5.71 Å². The van der Waals surface area contributed by atoms with Gasteiger partial charge in [-0.1, -0.05) is 25.2 Å². The molecule has 46 heavy (non-hydrogen) atoms. The molecule has 0 bridgehead atoms. The summed E-state index contributed by atoms with van der Waals surface area (Å²) in [6, 6.07) is 11.1. The van der Waals surface area contributed by atoms with E-state index in [1.165, 1.54) is 22.5 Å². The molecule has 0 atom stereocenters. The molecule has 1 N–H and O–H groups in total. The summed E-state index contributed by atoms with van der Waals surface area (Å²) in [5.74, 6) is -0.916. The van der Waals surface area contributed by atoms with Gasteiger partial charge in [-0.25, -0.2) is 4.58 Å². The van der Waals surface area contributed by atoms with E-state index in [9.17, 15) is 14.7 Å². The summed E-state index contributed by atoms with van der Waals surface area (Å²) in [5.41, 5.74) is 5.81. The van der Waals surface area contributed by atoms with E-state index in [0.29, 0.717) is 50.0 Å². The Morgan fingerprint density at radius 3 is 2.35 bits per heavy atom. The lowest BCUT2D eigenvalue weighted by Crippen LogP contribution is -2.50. The minimum absolute atomic E-state index is 0.0455. The molecular weight excluding hydrogens is 618 g/mol. The minimum atomic E-state index is -2.23. The normalized spacial score (nSPS) is 14.8. The van der Waals surface area contributed by atoms with E-state index in [1.807, 2.05) is 28.2 Å². The number of aromatic carboxylic acids is 1. The number of nitrogens with zero attached hydrogens (tertiary/aromatic N) is 2. The highest BCUT2D eigenvalue weighted by atomic mass is 35.5.